The summed E-state index contributed by atoms with van der Waals surface area (Å²) in [7, 11) is 0. The molecule has 3 nitrogen and oxygen atoms in total. The van der Waals surface area contributed by atoms with Crippen LogP contribution < -0.4 is 11.1 Å². The molecule has 0 bridgehead atoms. The van der Waals surface area contributed by atoms with Crippen LogP contribution in [0.3, 0.4) is 0 Å². The van der Waals surface area contributed by atoms with Crippen LogP contribution in [-0.2, 0) is 4.79 Å². The Kier molecular flexibility index (Phi) is 6.52. The maximum atomic E-state index is 12.0. The minimum Gasteiger partial charge on any atom is -0.398 e. The molecule has 1 rings (SSSR count). The van der Waals surface area contributed by atoms with Crippen molar-refractivity contribution < 1.29 is 4.79 Å². The Balaban J connectivity index is 2.56. The zero-order chi connectivity index (χ0) is 14.4. The van der Waals surface area contributed by atoms with Crippen molar-refractivity contribution >= 4 is 35.0 Å². The third-order valence-corrected chi connectivity index (χ3v) is 4.19. The molecule has 2 atom stereocenters. The smallest absolute Gasteiger partial charge is 0.233 e. The number of hydrogen-bond acceptors (Lipinski definition) is 3. The van der Waals surface area contributed by atoms with Crippen LogP contribution >= 0.6 is 23.4 Å². The van der Waals surface area contributed by atoms with E-state index in [1.54, 1.807) is 12.1 Å². The molecule has 0 aromatic heterocycles. The standard InChI is InChI=1S/C14H21ClN2OS/c1-4-5-9(2)17-14(18)10(3)19-11-6-7-13(16)12(15)8-11/h6-10H,4-5,16H2,1-3H3,(H,17,18). The zero-order valence-electron chi connectivity index (χ0n) is 11.6. The summed E-state index contributed by atoms with van der Waals surface area (Å²) in [6.07, 6.45) is 2.06. The van der Waals surface area contributed by atoms with Crippen LogP contribution in [0, 0.1) is 0 Å². The van der Waals surface area contributed by atoms with Gasteiger partial charge in [-0.1, -0.05) is 24.9 Å². The minimum atomic E-state index is -0.154. The van der Waals surface area contributed by atoms with Gasteiger partial charge in [0.1, 0.15) is 0 Å². The first-order valence-electron chi connectivity index (χ1n) is 6.46. The second-order valence-electron chi connectivity index (χ2n) is 4.64. The van der Waals surface area contributed by atoms with E-state index in [-0.39, 0.29) is 17.2 Å². The molecule has 0 fully saturated rings. The molecule has 5 heteroatoms. The van der Waals surface area contributed by atoms with Crippen molar-refractivity contribution in [1.82, 2.24) is 5.32 Å². The van der Waals surface area contributed by atoms with Crippen LogP contribution in [0.1, 0.15) is 33.6 Å². The average Bonchev–Trinajstić information content (AvgIpc) is 2.34. The normalized spacial score (nSPS) is 13.9. The number of nitrogens with one attached hydrogen (secondary N) is 1. The summed E-state index contributed by atoms with van der Waals surface area (Å²) >= 11 is 7.45. The lowest BCUT2D eigenvalue weighted by molar-refractivity contribution is -0.120. The second-order valence-corrected chi connectivity index (χ2v) is 6.46. The number of thioether (sulfide) groups is 1. The van der Waals surface area contributed by atoms with E-state index in [1.165, 1.54) is 11.8 Å². The molecule has 1 amide bonds. The van der Waals surface area contributed by atoms with Crippen LogP contribution in [0.2, 0.25) is 5.02 Å². The molecular weight excluding hydrogens is 280 g/mol. The summed E-state index contributed by atoms with van der Waals surface area (Å²) in [5.41, 5.74) is 6.21. The fraction of sp³-hybridized carbons (Fsp3) is 0.500. The third kappa shape index (κ3) is 5.33. The fourth-order valence-electron chi connectivity index (χ4n) is 1.70. The average molecular weight is 301 g/mol. The number of nitrogens with two attached hydrogens (primary N) is 1. The number of nitrogen functional groups attached to an aromatic ring is 1. The molecule has 0 saturated heterocycles. The second kappa shape index (κ2) is 7.65. The maximum absolute atomic E-state index is 12.0. The van der Waals surface area contributed by atoms with E-state index in [9.17, 15) is 4.79 Å². The molecule has 1 aromatic carbocycles. The predicted molar refractivity (Wildman–Crippen MR) is 83.7 cm³/mol. The first-order chi connectivity index (χ1) is 8.93. The zero-order valence-corrected chi connectivity index (χ0v) is 13.1. The van der Waals surface area contributed by atoms with Gasteiger partial charge in [0.15, 0.2) is 0 Å². The van der Waals surface area contributed by atoms with Gasteiger partial charge in [-0.15, -0.1) is 11.8 Å². The van der Waals surface area contributed by atoms with E-state index < -0.39 is 0 Å². The van der Waals surface area contributed by atoms with Gasteiger partial charge in [0.05, 0.1) is 16.0 Å². The van der Waals surface area contributed by atoms with Crippen molar-refractivity contribution in [2.45, 2.75) is 49.8 Å². The Labute approximate surface area is 124 Å². The summed E-state index contributed by atoms with van der Waals surface area (Å²) < 4.78 is 0. The Morgan fingerprint density at radius 2 is 2.16 bits per heavy atom. The van der Waals surface area contributed by atoms with Gasteiger partial charge in [-0.05, 0) is 38.5 Å². The van der Waals surface area contributed by atoms with Crippen molar-refractivity contribution in [3.8, 4) is 0 Å². The van der Waals surface area contributed by atoms with Gasteiger partial charge in [-0.3, -0.25) is 4.79 Å². The summed E-state index contributed by atoms with van der Waals surface area (Å²) in [6.45, 7) is 6.03. The van der Waals surface area contributed by atoms with Crippen LogP contribution in [0.25, 0.3) is 0 Å². The lowest BCUT2D eigenvalue weighted by Gasteiger charge is -2.17. The van der Waals surface area contributed by atoms with Crippen molar-refractivity contribution in [3.63, 3.8) is 0 Å². The van der Waals surface area contributed by atoms with Crippen LogP contribution in [0.4, 0.5) is 5.69 Å². The number of amides is 1. The van der Waals surface area contributed by atoms with Gasteiger partial charge in [-0.2, -0.15) is 0 Å². The molecule has 0 saturated carbocycles. The molecule has 19 heavy (non-hydrogen) atoms. The van der Waals surface area contributed by atoms with Gasteiger partial charge in [0.25, 0.3) is 0 Å². The summed E-state index contributed by atoms with van der Waals surface area (Å²) in [6, 6.07) is 5.65. The summed E-state index contributed by atoms with van der Waals surface area (Å²) in [5.74, 6) is 0.0545. The van der Waals surface area contributed by atoms with Crippen molar-refractivity contribution in [2.24, 2.45) is 0 Å². The molecule has 0 aliphatic rings. The SMILES string of the molecule is CCCC(C)NC(=O)C(C)Sc1ccc(N)c(Cl)c1. The van der Waals surface area contributed by atoms with Crippen molar-refractivity contribution in [1.29, 1.82) is 0 Å². The highest BCUT2D eigenvalue weighted by atomic mass is 35.5. The summed E-state index contributed by atoms with van der Waals surface area (Å²) in [4.78, 5) is 12.9. The van der Waals surface area contributed by atoms with Gasteiger partial charge >= 0.3 is 0 Å². The molecule has 2 unspecified atom stereocenters. The molecule has 0 radical (unpaired) electrons. The lowest BCUT2D eigenvalue weighted by atomic mass is 10.2. The van der Waals surface area contributed by atoms with E-state index >= 15 is 0 Å². The number of benzene rings is 1. The Bertz CT molecular complexity index is 439. The topological polar surface area (TPSA) is 55.1 Å². The number of halogens is 1. The van der Waals surface area contributed by atoms with E-state index in [1.807, 2.05) is 19.9 Å². The monoisotopic (exact) mass is 300 g/mol. The first-order valence-corrected chi connectivity index (χ1v) is 7.71. The summed E-state index contributed by atoms with van der Waals surface area (Å²) in [5, 5.41) is 3.38. The number of anilines is 1. The molecule has 0 spiro atoms. The highest BCUT2D eigenvalue weighted by Crippen LogP contribution is 2.29. The van der Waals surface area contributed by atoms with E-state index in [0.29, 0.717) is 10.7 Å². The first kappa shape index (κ1) is 16.2. The number of carbonyl (C=O) groups excluding carboxylic acids is 1. The van der Waals surface area contributed by atoms with Gasteiger partial charge in [0.2, 0.25) is 5.91 Å². The fourth-order valence-corrected chi connectivity index (χ4v) is 2.87. The molecule has 0 aliphatic heterocycles. The number of rotatable bonds is 6. The van der Waals surface area contributed by atoms with Gasteiger partial charge in [0, 0.05) is 10.9 Å². The number of hydrogen-bond donors (Lipinski definition) is 2. The predicted octanol–water partition coefficient (Wildman–Crippen LogP) is 3.71. The van der Waals surface area contributed by atoms with Crippen molar-refractivity contribution in [3.05, 3.63) is 23.2 Å². The molecule has 0 heterocycles. The van der Waals surface area contributed by atoms with Crippen molar-refractivity contribution in [2.75, 3.05) is 5.73 Å². The molecule has 0 aliphatic carbocycles. The van der Waals surface area contributed by atoms with Crippen LogP contribution in [-0.4, -0.2) is 17.2 Å². The third-order valence-electron chi connectivity index (χ3n) is 2.76. The molecule has 3 N–H and O–H groups in total. The van der Waals surface area contributed by atoms with E-state index in [4.69, 9.17) is 17.3 Å². The molecule has 106 valence electrons. The molecular formula is C14H21ClN2OS. The minimum absolute atomic E-state index is 0.0545. The highest BCUT2D eigenvalue weighted by Gasteiger charge is 2.16. The number of carbonyl (C=O) groups is 1. The Hall–Kier alpha value is -0.870. The van der Waals surface area contributed by atoms with Crippen LogP contribution in [0.15, 0.2) is 23.1 Å². The Morgan fingerprint density at radius 1 is 1.47 bits per heavy atom. The Morgan fingerprint density at radius 3 is 2.74 bits per heavy atom. The quantitative estimate of drug-likeness (QED) is 0.622. The van der Waals surface area contributed by atoms with Crippen LogP contribution in [0.5, 0.6) is 0 Å². The van der Waals surface area contributed by atoms with E-state index in [2.05, 4.69) is 12.2 Å². The maximum Gasteiger partial charge on any atom is 0.233 e. The molecule has 1 aromatic rings. The van der Waals surface area contributed by atoms with Gasteiger partial charge < -0.3 is 11.1 Å². The van der Waals surface area contributed by atoms with Gasteiger partial charge in [-0.25, -0.2) is 0 Å². The lowest BCUT2D eigenvalue weighted by Crippen LogP contribution is -2.37. The highest BCUT2D eigenvalue weighted by molar-refractivity contribution is 8.00. The largest absolute Gasteiger partial charge is 0.398 e. The van der Waals surface area contributed by atoms with E-state index in [0.717, 1.165) is 17.7 Å².